The monoisotopic (exact) mass is 1310 g/mol. The first-order valence-corrected chi connectivity index (χ1v) is 43.9. The van der Waals surface area contributed by atoms with E-state index in [0.717, 1.165) is 66.2 Å². The quantitative estimate of drug-likeness (QED) is 0.0558. The average molecular weight is 1310 g/mol. The lowest BCUT2D eigenvalue weighted by Crippen LogP contribution is -2.59. The number of hydrogen-bond acceptors (Lipinski definition) is 6. The minimum absolute atomic E-state index is 0.374. The van der Waals surface area contributed by atoms with Gasteiger partial charge >= 0.3 is 0 Å². The van der Waals surface area contributed by atoms with Gasteiger partial charge in [-0.2, -0.15) is 0 Å². The molecule has 0 spiro atoms. The topological polar surface area (TPSA) is 86.7 Å². The van der Waals surface area contributed by atoms with Crippen LogP contribution in [0.25, 0.3) is 22.3 Å². The van der Waals surface area contributed by atoms with E-state index in [1.54, 1.807) is 0 Å². The Morgan fingerprint density at radius 3 is 0.783 bits per heavy atom. The van der Waals surface area contributed by atoms with Crippen LogP contribution >= 0.6 is 29.0 Å². The summed E-state index contributed by atoms with van der Waals surface area (Å²) in [5, 5.41) is 10.1. The van der Waals surface area contributed by atoms with Crippen LogP contribution in [0, 0.1) is 0 Å². The molecule has 0 amide bonds. The van der Waals surface area contributed by atoms with Crippen LogP contribution in [0.2, 0.25) is 24.2 Å². The molecule has 6 nitrogen and oxygen atoms in total. The molecule has 2 atom stereocenters. The molecule has 0 N–H and O–H groups in total. The zero-order valence-electron chi connectivity index (χ0n) is 51.2. The molecule has 92 heavy (non-hydrogen) atoms. The van der Waals surface area contributed by atoms with E-state index in [9.17, 15) is 0 Å². The molecule has 2 aliphatic heterocycles. The summed E-state index contributed by atoms with van der Waals surface area (Å²) in [5.41, 5.74) is 3.88. The molecular formula is C80H72O6P4Si2. The van der Waals surface area contributed by atoms with Gasteiger partial charge in [-0.3, -0.25) is 9.13 Å². The lowest BCUT2D eigenvalue weighted by molar-refractivity contribution is 0.492. The molecule has 0 radical (unpaired) electrons. The van der Waals surface area contributed by atoms with Crippen LogP contribution in [0.4, 0.5) is 0 Å². The van der Waals surface area contributed by atoms with Crippen LogP contribution in [-0.4, -0.2) is 40.8 Å². The summed E-state index contributed by atoms with van der Waals surface area (Å²) < 4.78 is 73.9. The Kier molecular flexibility index (Phi) is 18.6. The van der Waals surface area contributed by atoms with Gasteiger partial charge in [-0.05, 0) is 59.6 Å². The molecule has 14 rings (SSSR count). The largest absolute Gasteiger partial charge is 0.439 e. The molecule has 0 aromatic heterocycles. The molecule has 12 aromatic rings. The predicted molar refractivity (Wildman–Crippen MR) is 394 cm³/mol. The van der Waals surface area contributed by atoms with Crippen LogP contribution in [0.5, 0.6) is 11.5 Å². The van der Waals surface area contributed by atoms with Gasteiger partial charge in [-0.1, -0.05) is 336 Å². The molecule has 0 saturated carbocycles. The Bertz CT molecular complexity index is 4280. The number of rotatable bonds is 20. The van der Waals surface area contributed by atoms with Gasteiger partial charge in [0.05, 0.1) is 10.6 Å². The van der Waals surface area contributed by atoms with E-state index in [2.05, 4.69) is 109 Å². The van der Waals surface area contributed by atoms with Gasteiger partial charge < -0.3 is 18.2 Å². The van der Waals surface area contributed by atoms with Crippen molar-refractivity contribution < 1.29 is 27.3 Å². The maximum absolute atomic E-state index is 15.3. The zero-order chi connectivity index (χ0) is 62.9. The van der Waals surface area contributed by atoms with E-state index in [1.165, 1.54) is 20.7 Å². The van der Waals surface area contributed by atoms with Crippen LogP contribution in [0.1, 0.15) is 0 Å². The summed E-state index contributed by atoms with van der Waals surface area (Å²) in [7, 11) is -18.0. The highest BCUT2D eigenvalue weighted by Crippen LogP contribution is 2.58. The predicted octanol–water partition coefficient (Wildman–Crippen LogP) is 15.9. The summed E-state index contributed by atoms with van der Waals surface area (Å²) in [5.74, 6) is 1.33. The molecule has 2 aliphatic rings. The third-order valence-corrected chi connectivity index (χ3v) is 41.7. The fourth-order valence-electron chi connectivity index (χ4n) is 13.9. The first kappa shape index (κ1) is 62.4. The van der Waals surface area contributed by atoms with Crippen molar-refractivity contribution in [2.24, 2.45) is 0 Å². The van der Waals surface area contributed by atoms with Crippen LogP contribution in [-0.2, 0) is 18.3 Å². The minimum Gasteiger partial charge on any atom is -0.439 e. The Morgan fingerprint density at radius 2 is 0.489 bits per heavy atom. The minimum atomic E-state index is -3.31. The smallest absolute Gasteiger partial charge is 0.277 e. The molecule has 2 heterocycles. The van der Waals surface area contributed by atoms with Gasteiger partial charge in [0, 0.05) is 57.0 Å². The second-order valence-electron chi connectivity index (χ2n) is 23.9. The van der Waals surface area contributed by atoms with Crippen molar-refractivity contribution in [2.75, 3.05) is 24.6 Å². The average Bonchev–Trinajstić information content (AvgIpc) is 0.844. The van der Waals surface area contributed by atoms with Crippen molar-refractivity contribution >= 4 is 97.7 Å². The molecule has 456 valence electrons. The Morgan fingerprint density at radius 1 is 0.261 bits per heavy atom. The highest BCUT2D eigenvalue weighted by atomic mass is 31.2. The SMILES string of the molecule is O=P(CC[Si](CCP(=O)(c1ccccc1)c1ccccc1)(c1ccccc1)c1ccccc1)(c1ccccc1)c1ccccc1.O=P1(CC[Si](CCP2(=O)Oc3ccccc3-c3ccccc32)(c2ccccc2)c2ccccc2)Oc2ccccc2-c2ccccc21. The van der Waals surface area contributed by atoms with E-state index in [4.69, 9.17) is 9.05 Å². The first-order valence-electron chi connectivity index (χ1n) is 31.6. The fourth-order valence-corrected chi connectivity index (χ4v) is 39.5. The first-order chi connectivity index (χ1) is 45.0. The number of benzene rings is 12. The molecule has 12 heteroatoms. The zero-order valence-corrected chi connectivity index (χ0v) is 56.8. The van der Waals surface area contributed by atoms with E-state index >= 15 is 18.3 Å². The fraction of sp³-hybridized carbons (Fsp3) is 0.100. The number of hydrogen-bond donors (Lipinski definition) is 0. The van der Waals surface area contributed by atoms with Gasteiger partial charge in [0.15, 0.2) is 0 Å². The van der Waals surface area contributed by atoms with Crippen molar-refractivity contribution in [3.8, 4) is 33.8 Å². The molecule has 0 saturated heterocycles. The third-order valence-electron chi connectivity index (χ3n) is 18.8. The lowest BCUT2D eigenvalue weighted by Gasteiger charge is -2.37. The van der Waals surface area contributed by atoms with E-state index in [1.807, 2.05) is 231 Å². The number of para-hydroxylation sites is 2. The molecule has 0 aliphatic carbocycles. The van der Waals surface area contributed by atoms with Crippen LogP contribution in [0.3, 0.4) is 0 Å². The maximum atomic E-state index is 15.3. The molecule has 12 aromatic carbocycles. The van der Waals surface area contributed by atoms with Gasteiger partial charge in [0.2, 0.25) is 0 Å². The van der Waals surface area contributed by atoms with E-state index in [0.29, 0.717) is 48.2 Å². The van der Waals surface area contributed by atoms with Crippen molar-refractivity contribution in [2.45, 2.75) is 24.2 Å². The maximum Gasteiger partial charge on any atom is 0.277 e. The van der Waals surface area contributed by atoms with Gasteiger partial charge in [0.1, 0.15) is 41.9 Å². The standard InChI is InChI=1S/C40H34O4P2Si.C40H38O2P2Si/c41-45(39-25-13-9-21-35(39)33-19-7-11-23-37(33)43-45)27-29-47(31-15-3-1-4-16-31,32-17-5-2-6-18-32)30-28-46(42)40-26-14-10-22-36(40)34-20-8-12-24-38(34)44-46;41-43(35-19-7-1-8-20-35,36-21-9-2-10-22-36)31-33-45(39-27-15-5-16-28-39,40-29-17-6-18-30-40)34-32-44(42,37-23-11-3-12-24-37)38-25-13-4-14-26-38/h1-26H,27-30H2;1-30H,31-34H2. The third kappa shape index (κ3) is 12.5. The van der Waals surface area contributed by atoms with Gasteiger partial charge in [0.25, 0.3) is 14.7 Å². The highest BCUT2D eigenvalue weighted by Gasteiger charge is 2.47. The summed E-state index contributed by atoms with van der Waals surface area (Å²) in [4.78, 5) is 0. The summed E-state index contributed by atoms with van der Waals surface area (Å²) in [6, 6.07) is 117. The Balaban J connectivity index is 0.000000168. The Labute approximate surface area is 543 Å². The van der Waals surface area contributed by atoms with Crippen LogP contribution in [0.15, 0.2) is 340 Å². The molecular weight excluding hydrogens is 1240 g/mol. The van der Waals surface area contributed by atoms with E-state index < -0.39 is 45.2 Å². The van der Waals surface area contributed by atoms with Crippen LogP contribution < -0.4 is 61.6 Å². The second-order valence-corrected chi connectivity index (χ2v) is 43.4. The van der Waals surface area contributed by atoms with Crippen molar-refractivity contribution in [1.82, 2.24) is 0 Å². The molecule has 2 unspecified atom stereocenters. The molecule has 0 fully saturated rings. The second kappa shape index (κ2) is 27.4. The van der Waals surface area contributed by atoms with Gasteiger partial charge in [-0.25, -0.2) is 0 Å². The number of fused-ring (bicyclic) bond motifs is 6. The van der Waals surface area contributed by atoms with Crippen molar-refractivity contribution in [3.63, 3.8) is 0 Å². The molecule has 0 bridgehead atoms. The normalized spacial score (nSPS) is 15.7. The summed E-state index contributed by atoms with van der Waals surface area (Å²) >= 11 is 0. The summed E-state index contributed by atoms with van der Waals surface area (Å²) in [6.07, 6.45) is 1.83. The lowest BCUT2D eigenvalue weighted by atomic mass is 10.0. The van der Waals surface area contributed by atoms with Gasteiger partial charge in [-0.15, -0.1) is 0 Å². The van der Waals surface area contributed by atoms with E-state index in [-0.39, 0.29) is 0 Å². The Hall–Kier alpha value is -8.41. The summed E-state index contributed by atoms with van der Waals surface area (Å²) in [6.45, 7) is 0. The van der Waals surface area contributed by atoms with Crippen molar-refractivity contribution in [1.29, 1.82) is 0 Å². The highest BCUT2D eigenvalue weighted by molar-refractivity contribution is 7.79. The van der Waals surface area contributed by atoms with Crippen molar-refractivity contribution in [3.05, 3.63) is 340 Å².